The van der Waals surface area contributed by atoms with Crippen LogP contribution in [0.15, 0.2) is 12.3 Å². The molecular weight excluding hydrogens is 228 g/mol. The molecule has 0 aliphatic rings. The molecule has 5 heteroatoms. The van der Waals surface area contributed by atoms with Gasteiger partial charge < -0.3 is 10.6 Å². The van der Waals surface area contributed by atoms with Gasteiger partial charge in [0.2, 0.25) is 5.95 Å². The van der Waals surface area contributed by atoms with Crippen molar-refractivity contribution >= 4 is 11.9 Å². The van der Waals surface area contributed by atoms with Gasteiger partial charge in [-0.2, -0.15) is 0 Å². The van der Waals surface area contributed by atoms with E-state index in [9.17, 15) is 4.79 Å². The number of carbonyl (C=O) groups excluding carboxylic acids is 1. The van der Waals surface area contributed by atoms with Gasteiger partial charge in [0, 0.05) is 18.3 Å². The van der Waals surface area contributed by atoms with Crippen LogP contribution >= 0.6 is 0 Å². The highest BCUT2D eigenvalue weighted by atomic mass is 16.1. The van der Waals surface area contributed by atoms with Gasteiger partial charge in [-0.3, -0.25) is 4.79 Å². The van der Waals surface area contributed by atoms with E-state index in [1.54, 1.807) is 12.3 Å². The molecule has 5 nitrogen and oxygen atoms in total. The highest BCUT2D eigenvalue weighted by molar-refractivity contribution is 5.92. The predicted molar refractivity (Wildman–Crippen MR) is 72.6 cm³/mol. The summed E-state index contributed by atoms with van der Waals surface area (Å²) in [5.41, 5.74) is 0.268. The summed E-state index contributed by atoms with van der Waals surface area (Å²) in [4.78, 5) is 20.1. The standard InChI is InChI=1S/C13H22N4O/c1-5-6-8-14-11(18)10-7-9-15-12(16-10)17-13(2,3)4/h7,9H,5-6,8H2,1-4H3,(H,14,18)(H,15,16,17). The third-order valence-electron chi connectivity index (χ3n) is 2.19. The van der Waals surface area contributed by atoms with Crippen LogP contribution in [0.1, 0.15) is 51.0 Å². The van der Waals surface area contributed by atoms with E-state index in [2.05, 4.69) is 27.5 Å². The van der Waals surface area contributed by atoms with E-state index in [4.69, 9.17) is 0 Å². The Morgan fingerprint density at radius 3 is 2.72 bits per heavy atom. The van der Waals surface area contributed by atoms with Crippen LogP contribution in [0.2, 0.25) is 0 Å². The minimum absolute atomic E-state index is 0.128. The monoisotopic (exact) mass is 250 g/mol. The molecule has 0 aliphatic carbocycles. The van der Waals surface area contributed by atoms with E-state index in [1.165, 1.54) is 0 Å². The average Bonchev–Trinajstić information content (AvgIpc) is 2.27. The average molecular weight is 250 g/mol. The summed E-state index contributed by atoms with van der Waals surface area (Å²) in [6.45, 7) is 8.82. The van der Waals surface area contributed by atoms with Gasteiger partial charge in [-0.1, -0.05) is 13.3 Å². The molecule has 100 valence electrons. The van der Waals surface area contributed by atoms with Gasteiger partial charge in [0.25, 0.3) is 5.91 Å². The Hall–Kier alpha value is -1.65. The molecule has 0 aliphatic heterocycles. The van der Waals surface area contributed by atoms with Crippen LogP contribution in [0.4, 0.5) is 5.95 Å². The normalized spacial score (nSPS) is 11.1. The highest BCUT2D eigenvalue weighted by Crippen LogP contribution is 2.09. The minimum atomic E-state index is -0.150. The summed E-state index contributed by atoms with van der Waals surface area (Å²) in [6.07, 6.45) is 3.63. The maximum atomic E-state index is 11.8. The van der Waals surface area contributed by atoms with Crippen LogP contribution in [-0.2, 0) is 0 Å². The Morgan fingerprint density at radius 1 is 1.39 bits per heavy atom. The zero-order valence-corrected chi connectivity index (χ0v) is 11.6. The van der Waals surface area contributed by atoms with E-state index < -0.39 is 0 Å². The van der Waals surface area contributed by atoms with Gasteiger partial charge in [0.05, 0.1) is 0 Å². The number of nitrogens with zero attached hydrogens (tertiary/aromatic N) is 2. The van der Waals surface area contributed by atoms with Gasteiger partial charge in [-0.15, -0.1) is 0 Å². The smallest absolute Gasteiger partial charge is 0.270 e. The van der Waals surface area contributed by atoms with E-state index >= 15 is 0 Å². The van der Waals surface area contributed by atoms with E-state index in [1.807, 2.05) is 20.8 Å². The molecule has 1 amide bonds. The van der Waals surface area contributed by atoms with Crippen molar-refractivity contribution in [3.8, 4) is 0 Å². The number of hydrogen-bond acceptors (Lipinski definition) is 4. The maximum absolute atomic E-state index is 11.8. The number of rotatable bonds is 5. The number of unbranched alkanes of at least 4 members (excludes halogenated alkanes) is 1. The van der Waals surface area contributed by atoms with Crippen molar-refractivity contribution < 1.29 is 4.79 Å². The fraction of sp³-hybridized carbons (Fsp3) is 0.615. The molecule has 1 aromatic heterocycles. The lowest BCUT2D eigenvalue weighted by molar-refractivity contribution is 0.0948. The Bertz CT molecular complexity index is 398. The fourth-order valence-corrected chi connectivity index (χ4v) is 1.35. The predicted octanol–water partition coefficient (Wildman–Crippen LogP) is 2.22. The third kappa shape index (κ3) is 5.12. The van der Waals surface area contributed by atoms with Crippen molar-refractivity contribution in [2.45, 2.75) is 46.1 Å². The molecule has 0 bridgehead atoms. The molecule has 1 heterocycles. The van der Waals surface area contributed by atoms with Crippen LogP contribution in [0.3, 0.4) is 0 Å². The van der Waals surface area contributed by atoms with Gasteiger partial charge in [0.1, 0.15) is 5.69 Å². The molecule has 0 spiro atoms. The van der Waals surface area contributed by atoms with E-state index in [0.29, 0.717) is 18.2 Å². The van der Waals surface area contributed by atoms with Crippen LogP contribution in [0.25, 0.3) is 0 Å². The zero-order chi connectivity index (χ0) is 13.6. The van der Waals surface area contributed by atoms with Gasteiger partial charge in [0.15, 0.2) is 0 Å². The second-order valence-electron chi connectivity index (χ2n) is 5.25. The first-order valence-corrected chi connectivity index (χ1v) is 6.32. The number of anilines is 1. The molecule has 2 N–H and O–H groups in total. The molecule has 0 aromatic carbocycles. The van der Waals surface area contributed by atoms with Gasteiger partial charge in [-0.05, 0) is 33.3 Å². The van der Waals surface area contributed by atoms with Crippen LogP contribution in [-0.4, -0.2) is 28.0 Å². The number of nitrogens with one attached hydrogen (secondary N) is 2. The molecule has 0 fully saturated rings. The highest BCUT2D eigenvalue weighted by Gasteiger charge is 2.13. The topological polar surface area (TPSA) is 66.9 Å². The summed E-state index contributed by atoms with van der Waals surface area (Å²) in [7, 11) is 0. The molecule has 0 atom stereocenters. The molecular formula is C13H22N4O. The van der Waals surface area contributed by atoms with Crippen molar-refractivity contribution in [1.82, 2.24) is 15.3 Å². The first-order chi connectivity index (χ1) is 8.42. The Balaban J connectivity index is 2.66. The van der Waals surface area contributed by atoms with Crippen molar-refractivity contribution in [3.05, 3.63) is 18.0 Å². The molecule has 1 aromatic rings. The lowest BCUT2D eigenvalue weighted by Gasteiger charge is -2.20. The van der Waals surface area contributed by atoms with E-state index in [0.717, 1.165) is 12.8 Å². The van der Waals surface area contributed by atoms with E-state index in [-0.39, 0.29) is 11.4 Å². The SMILES string of the molecule is CCCCNC(=O)c1ccnc(NC(C)(C)C)n1. The number of carbonyl (C=O) groups is 1. The maximum Gasteiger partial charge on any atom is 0.270 e. The molecule has 1 rings (SSSR count). The van der Waals surface area contributed by atoms with Crippen molar-refractivity contribution in [1.29, 1.82) is 0 Å². The molecule has 0 saturated carbocycles. The number of hydrogen-bond donors (Lipinski definition) is 2. The van der Waals surface area contributed by atoms with Gasteiger partial charge >= 0.3 is 0 Å². The fourth-order valence-electron chi connectivity index (χ4n) is 1.35. The zero-order valence-electron chi connectivity index (χ0n) is 11.6. The number of amides is 1. The summed E-state index contributed by atoms with van der Waals surface area (Å²) >= 11 is 0. The van der Waals surface area contributed by atoms with Crippen LogP contribution in [0, 0.1) is 0 Å². The van der Waals surface area contributed by atoms with Crippen molar-refractivity contribution in [3.63, 3.8) is 0 Å². The van der Waals surface area contributed by atoms with Crippen LogP contribution in [0.5, 0.6) is 0 Å². The molecule has 0 radical (unpaired) electrons. The summed E-state index contributed by atoms with van der Waals surface area (Å²) in [6, 6.07) is 1.62. The molecule has 0 unspecified atom stereocenters. The van der Waals surface area contributed by atoms with Crippen LogP contribution < -0.4 is 10.6 Å². The first kappa shape index (κ1) is 14.4. The lowest BCUT2D eigenvalue weighted by Crippen LogP contribution is -2.29. The van der Waals surface area contributed by atoms with Gasteiger partial charge in [-0.25, -0.2) is 9.97 Å². The largest absolute Gasteiger partial charge is 0.351 e. The second kappa shape index (κ2) is 6.33. The van der Waals surface area contributed by atoms with Crippen molar-refractivity contribution in [2.75, 3.05) is 11.9 Å². The quantitative estimate of drug-likeness (QED) is 0.786. The summed E-state index contributed by atoms with van der Waals surface area (Å²) in [5.74, 6) is 0.327. The second-order valence-corrected chi connectivity index (χ2v) is 5.25. The lowest BCUT2D eigenvalue weighted by atomic mass is 10.1. The Kier molecular flexibility index (Phi) is 5.07. The minimum Gasteiger partial charge on any atom is -0.351 e. The molecule has 0 saturated heterocycles. The summed E-state index contributed by atoms with van der Waals surface area (Å²) < 4.78 is 0. The van der Waals surface area contributed by atoms with Crippen molar-refractivity contribution in [2.24, 2.45) is 0 Å². The Labute approximate surface area is 108 Å². The number of aromatic nitrogens is 2. The Morgan fingerprint density at radius 2 is 2.11 bits per heavy atom. The molecule has 18 heavy (non-hydrogen) atoms. The third-order valence-corrected chi connectivity index (χ3v) is 2.19. The summed E-state index contributed by atoms with van der Waals surface area (Å²) in [5, 5.41) is 5.97. The first-order valence-electron chi connectivity index (χ1n) is 6.32.